The average Bonchev–Trinajstić information content (AvgIpc) is 2.07. The molecule has 0 N–H and O–H groups in total. The third-order valence-electron chi connectivity index (χ3n) is 0.827. The summed E-state index contributed by atoms with van der Waals surface area (Å²) >= 11 is 2.19. The van der Waals surface area contributed by atoms with Crippen LogP contribution >= 0.6 is 0 Å². The molecule has 0 saturated carbocycles. The summed E-state index contributed by atoms with van der Waals surface area (Å²) in [4.78, 5) is 0. The molecule has 0 radical (unpaired) electrons. The van der Waals surface area contributed by atoms with Crippen LogP contribution in [0.25, 0.3) is 0 Å². The van der Waals surface area contributed by atoms with Gasteiger partial charge in [-0.1, -0.05) is 0 Å². The minimum atomic E-state index is 0.500. The monoisotopic (exact) mass is 136 g/mol. The van der Waals surface area contributed by atoms with Crippen molar-refractivity contribution < 1.29 is 4.74 Å². The van der Waals surface area contributed by atoms with Gasteiger partial charge in [0.25, 0.3) is 0 Å². The fraction of sp³-hybridized carbons (Fsp3) is 1.00. The Morgan fingerprint density at radius 3 is 1.50 bits per heavy atom. The molecule has 1 saturated heterocycles. The van der Waals surface area contributed by atoms with E-state index in [-0.39, 0.29) is 0 Å². The first-order valence-electron chi connectivity index (χ1n) is 4.08. The summed E-state index contributed by atoms with van der Waals surface area (Å²) in [6.07, 6.45) is 2.56. The molecule has 0 atom stereocenters. The van der Waals surface area contributed by atoms with Gasteiger partial charge in [0.15, 0.2) is 0 Å². The van der Waals surface area contributed by atoms with Gasteiger partial charge in [0.1, 0.15) is 0 Å². The van der Waals surface area contributed by atoms with Crippen LogP contribution in [-0.4, -0.2) is 30.9 Å². The van der Waals surface area contributed by atoms with Crippen LogP contribution in [0.2, 0.25) is 4.09 Å². The molecule has 0 aromatic heterocycles. The number of hydrogen-bond donors (Lipinski definition) is 0. The van der Waals surface area contributed by atoms with Crippen LogP contribution in [-0.2, 0) is 4.74 Å². The molecule has 1 fully saturated rings. The third kappa shape index (κ3) is 15.8. The molecule has 1 heterocycles. The van der Waals surface area contributed by atoms with Gasteiger partial charge in [-0.25, -0.2) is 0 Å². The van der Waals surface area contributed by atoms with E-state index in [4.69, 9.17) is 4.74 Å². The second-order valence-corrected chi connectivity index (χ2v) is 4.32. The van der Waals surface area contributed by atoms with Gasteiger partial charge in [-0.2, -0.15) is 0 Å². The van der Waals surface area contributed by atoms with Gasteiger partial charge < -0.3 is 4.74 Å². The molecule has 1 aliphatic rings. The van der Waals surface area contributed by atoms with Gasteiger partial charge in [-0.05, 0) is 12.8 Å². The molecule has 1 aliphatic heterocycles. The molecule has 56 valence electrons. The van der Waals surface area contributed by atoms with Crippen molar-refractivity contribution in [2.24, 2.45) is 0 Å². The van der Waals surface area contributed by atoms with E-state index < -0.39 is 0 Å². The predicted molar refractivity (Wildman–Crippen MR) is 45.5 cm³/mol. The van der Waals surface area contributed by atoms with E-state index in [9.17, 15) is 0 Å². The average molecular weight is 136 g/mol. The summed E-state index contributed by atoms with van der Waals surface area (Å²) in [6, 6.07) is 0. The van der Waals surface area contributed by atoms with Crippen LogP contribution in [0, 0.1) is 0 Å². The Kier molecular flexibility index (Phi) is 5.53. The zero-order valence-electron chi connectivity index (χ0n) is 7.74. The van der Waals surface area contributed by atoms with Crippen LogP contribution in [0.4, 0.5) is 0 Å². The van der Waals surface area contributed by atoms with Crippen LogP contribution in [0.15, 0.2) is 0 Å². The summed E-state index contributed by atoms with van der Waals surface area (Å²) in [5.41, 5.74) is 0. The molecule has 0 amide bonds. The fourth-order valence-corrected chi connectivity index (χ4v) is 0.510. The van der Waals surface area contributed by atoms with E-state index in [2.05, 4.69) is 38.5 Å². The molecule has 0 aliphatic carbocycles. The van der Waals surface area contributed by atoms with E-state index in [1.165, 1.54) is 12.8 Å². The summed E-state index contributed by atoms with van der Waals surface area (Å²) in [5, 5.41) is 0. The number of ether oxygens (including phenoxy) is 1. The van der Waals surface area contributed by atoms with Crippen LogP contribution in [0.1, 0.15) is 33.6 Å². The molecule has 0 aromatic rings. The molecule has 0 unspecified atom stereocenters. The van der Waals surface area contributed by atoms with Crippen molar-refractivity contribution in [3.63, 3.8) is 0 Å². The maximum atomic E-state index is 4.94. The first kappa shape index (κ1) is 10.6. The molecule has 0 bridgehead atoms. The summed E-state index contributed by atoms with van der Waals surface area (Å²) in [6.45, 7) is 8.56. The van der Waals surface area contributed by atoms with E-state index in [0.717, 1.165) is 13.2 Å². The Morgan fingerprint density at radius 2 is 1.40 bits per heavy atom. The van der Waals surface area contributed by atoms with Crippen molar-refractivity contribution in [2.45, 2.75) is 37.7 Å². The summed E-state index contributed by atoms with van der Waals surface area (Å²) < 4.78 is 5.44. The van der Waals surface area contributed by atoms with Gasteiger partial charge in [-0.15, -0.1) is 0 Å². The summed E-state index contributed by atoms with van der Waals surface area (Å²) in [7, 11) is 0. The van der Waals surface area contributed by atoms with Crippen molar-refractivity contribution in [2.75, 3.05) is 13.2 Å². The van der Waals surface area contributed by atoms with Gasteiger partial charge in [0.2, 0.25) is 0 Å². The molecule has 0 aromatic carbocycles. The van der Waals surface area contributed by atoms with Gasteiger partial charge in [-0.3, -0.25) is 0 Å². The fourth-order valence-electron chi connectivity index (χ4n) is 0.510. The Labute approximate surface area is 73.7 Å². The van der Waals surface area contributed by atoms with Gasteiger partial charge in [0, 0.05) is 13.2 Å². The topological polar surface area (TPSA) is 9.23 Å². The van der Waals surface area contributed by atoms with E-state index >= 15 is 0 Å². The molecular weight excluding hydrogens is 119 g/mol. The van der Waals surface area contributed by atoms with E-state index in [1.54, 1.807) is 0 Å². The normalized spacial score (nSPS) is 18.1. The zero-order valence-corrected chi connectivity index (χ0v) is 7.74. The van der Waals surface area contributed by atoms with Crippen molar-refractivity contribution in [1.82, 2.24) is 0 Å². The second kappa shape index (κ2) is 5.24. The molecule has 1 nitrogen and oxygen atoms in total. The quantitative estimate of drug-likeness (QED) is 0.464. The number of rotatable bonds is 0. The molecule has 2 heteroatoms. The van der Waals surface area contributed by atoms with Crippen molar-refractivity contribution >= 4 is 17.7 Å². The van der Waals surface area contributed by atoms with E-state index in [1.807, 2.05) is 0 Å². The van der Waals surface area contributed by atoms with Crippen molar-refractivity contribution in [3.05, 3.63) is 0 Å². The first-order valence-corrected chi connectivity index (χ1v) is 4.08. The zero-order chi connectivity index (χ0) is 8.04. The SMILES string of the molecule is C1CCOC1.[Li][C](C)(C)C. The Balaban J connectivity index is 0.000000162. The van der Waals surface area contributed by atoms with Crippen molar-refractivity contribution in [3.8, 4) is 0 Å². The second-order valence-electron chi connectivity index (χ2n) is 4.32. The van der Waals surface area contributed by atoms with Crippen molar-refractivity contribution in [1.29, 1.82) is 0 Å². The molecular formula is C8H17LiO. The number of hydrogen-bond acceptors (Lipinski definition) is 1. The summed E-state index contributed by atoms with van der Waals surface area (Å²) in [5.74, 6) is 0. The minimum absolute atomic E-state index is 0.500. The van der Waals surface area contributed by atoms with Crippen LogP contribution in [0.5, 0.6) is 0 Å². The van der Waals surface area contributed by atoms with Crippen LogP contribution < -0.4 is 0 Å². The molecule has 10 heavy (non-hydrogen) atoms. The Morgan fingerprint density at radius 1 is 1.10 bits per heavy atom. The predicted octanol–water partition coefficient (Wildman–Crippen LogP) is 2.17. The first-order chi connectivity index (χ1) is 4.50. The van der Waals surface area contributed by atoms with Gasteiger partial charge >= 0.3 is 42.6 Å². The Hall–Kier alpha value is 0.557. The van der Waals surface area contributed by atoms with Gasteiger partial charge in [0.05, 0.1) is 0 Å². The van der Waals surface area contributed by atoms with E-state index in [0.29, 0.717) is 4.09 Å². The molecule has 1 rings (SSSR count). The standard InChI is InChI=1S/C4H8O.C4H9.Li/c1-2-4-5-3-1;1-4(2)3;/h1-4H2;1-3H3;. The maximum absolute atomic E-state index is 4.94. The molecule has 0 spiro atoms. The third-order valence-corrected chi connectivity index (χ3v) is 0.827. The Bertz CT molecular complexity index is 58.2. The van der Waals surface area contributed by atoms with Crippen LogP contribution in [0.3, 0.4) is 0 Å².